The number of nitrogens with one attached hydrogen (secondary N) is 1. The largest absolute Gasteiger partial charge is 0.497 e. The molecule has 0 heterocycles. The molecule has 5 heteroatoms. The Kier molecular flexibility index (Phi) is 5.74. The molecule has 1 amide bonds. The molecule has 0 atom stereocenters. The summed E-state index contributed by atoms with van der Waals surface area (Å²) in [7, 11) is 2.94. The molecule has 0 aliphatic heterocycles. The summed E-state index contributed by atoms with van der Waals surface area (Å²) in [4.78, 5) is 23.3. The smallest absolute Gasteiger partial charge is 0.337 e. The van der Waals surface area contributed by atoms with Crippen LogP contribution in [0.3, 0.4) is 0 Å². The maximum Gasteiger partial charge on any atom is 0.337 e. The molecule has 0 aromatic heterocycles. The van der Waals surface area contributed by atoms with E-state index in [1.807, 2.05) is 24.3 Å². The van der Waals surface area contributed by atoms with Crippen LogP contribution in [0.5, 0.6) is 5.75 Å². The van der Waals surface area contributed by atoms with E-state index in [0.29, 0.717) is 12.1 Å². The molecule has 23 heavy (non-hydrogen) atoms. The highest BCUT2D eigenvalue weighted by Gasteiger charge is 2.06. The molecule has 2 aromatic rings. The van der Waals surface area contributed by atoms with Crippen molar-refractivity contribution in [1.29, 1.82) is 0 Å². The van der Waals surface area contributed by atoms with E-state index in [1.54, 1.807) is 31.4 Å². The molecule has 0 fully saturated rings. The van der Waals surface area contributed by atoms with E-state index in [2.05, 4.69) is 10.1 Å². The van der Waals surface area contributed by atoms with Crippen molar-refractivity contribution in [2.24, 2.45) is 0 Å². The molecule has 2 aromatic carbocycles. The van der Waals surface area contributed by atoms with Crippen molar-refractivity contribution in [1.82, 2.24) is 5.32 Å². The summed E-state index contributed by atoms with van der Waals surface area (Å²) >= 11 is 0. The first-order valence-electron chi connectivity index (χ1n) is 7.19. The first kappa shape index (κ1) is 16.5. The van der Waals surface area contributed by atoms with Gasteiger partial charge in [-0.15, -0.1) is 0 Å². The number of hydrogen-bond donors (Lipinski definition) is 1. The summed E-state index contributed by atoms with van der Waals surface area (Å²) in [6.07, 6.45) is 0.289. The van der Waals surface area contributed by atoms with Gasteiger partial charge in [0.05, 0.1) is 26.2 Å². The van der Waals surface area contributed by atoms with Gasteiger partial charge >= 0.3 is 5.97 Å². The van der Waals surface area contributed by atoms with Crippen molar-refractivity contribution in [3.05, 3.63) is 65.2 Å². The molecule has 0 saturated heterocycles. The number of carbonyl (C=O) groups excluding carboxylic acids is 2. The van der Waals surface area contributed by atoms with Crippen molar-refractivity contribution >= 4 is 11.9 Å². The Hall–Kier alpha value is -2.82. The Morgan fingerprint density at radius 1 is 1.00 bits per heavy atom. The van der Waals surface area contributed by atoms with Crippen LogP contribution in [-0.4, -0.2) is 26.1 Å². The molecule has 0 aliphatic carbocycles. The summed E-state index contributed by atoms with van der Waals surface area (Å²) < 4.78 is 9.78. The third-order valence-corrected chi connectivity index (χ3v) is 3.36. The summed E-state index contributed by atoms with van der Waals surface area (Å²) in [5.41, 5.74) is 2.29. The zero-order valence-electron chi connectivity index (χ0n) is 13.2. The lowest BCUT2D eigenvalue weighted by molar-refractivity contribution is -0.120. The predicted molar refractivity (Wildman–Crippen MR) is 86.3 cm³/mol. The number of carbonyl (C=O) groups is 2. The molecule has 120 valence electrons. The number of ether oxygens (including phenoxy) is 2. The topological polar surface area (TPSA) is 64.6 Å². The summed E-state index contributed by atoms with van der Waals surface area (Å²) in [6, 6.07) is 14.3. The van der Waals surface area contributed by atoms with Gasteiger partial charge in [0.15, 0.2) is 0 Å². The summed E-state index contributed by atoms with van der Waals surface area (Å²) in [6.45, 7) is 0.407. The van der Waals surface area contributed by atoms with Crippen LogP contribution in [0.15, 0.2) is 48.5 Å². The molecule has 0 bridgehead atoms. The van der Waals surface area contributed by atoms with Gasteiger partial charge in [-0.2, -0.15) is 0 Å². The van der Waals surface area contributed by atoms with Gasteiger partial charge in [-0.05, 0) is 35.4 Å². The van der Waals surface area contributed by atoms with Crippen LogP contribution in [0.25, 0.3) is 0 Å². The van der Waals surface area contributed by atoms with E-state index in [9.17, 15) is 9.59 Å². The standard InChI is InChI=1S/C18H19NO4/c1-22-16-5-3-4-14(10-16)11-17(20)19-12-13-6-8-15(9-7-13)18(21)23-2/h3-10H,11-12H2,1-2H3,(H,19,20). The first-order valence-corrected chi connectivity index (χ1v) is 7.19. The zero-order chi connectivity index (χ0) is 16.7. The molecule has 0 aliphatic rings. The van der Waals surface area contributed by atoms with E-state index in [-0.39, 0.29) is 18.3 Å². The Balaban J connectivity index is 1.87. The van der Waals surface area contributed by atoms with Gasteiger partial charge in [-0.3, -0.25) is 4.79 Å². The lowest BCUT2D eigenvalue weighted by atomic mass is 10.1. The minimum atomic E-state index is -0.376. The quantitative estimate of drug-likeness (QED) is 0.831. The number of benzene rings is 2. The van der Waals surface area contributed by atoms with E-state index in [4.69, 9.17) is 4.74 Å². The van der Waals surface area contributed by atoms with Crippen LogP contribution in [-0.2, 0) is 22.5 Å². The van der Waals surface area contributed by atoms with E-state index in [0.717, 1.165) is 16.9 Å². The third-order valence-electron chi connectivity index (χ3n) is 3.36. The van der Waals surface area contributed by atoms with Crippen LogP contribution in [0.2, 0.25) is 0 Å². The van der Waals surface area contributed by atoms with Crippen LogP contribution in [0.4, 0.5) is 0 Å². The molecular weight excluding hydrogens is 294 g/mol. The van der Waals surface area contributed by atoms with Crippen molar-refractivity contribution < 1.29 is 19.1 Å². The second-order valence-electron chi connectivity index (χ2n) is 4.99. The number of rotatable bonds is 6. The number of methoxy groups -OCH3 is 2. The van der Waals surface area contributed by atoms with Crippen molar-refractivity contribution in [2.45, 2.75) is 13.0 Å². The van der Waals surface area contributed by atoms with Crippen molar-refractivity contribution in [3.63, 3.8) is 0 Å². The maximum absolute atomic E-state index is 12.0. The highest BCUT2D eigenvalue weighted by Crippen LogP contribution is 2.13. The summed E-state index contributed by atoms with van der Waals surface area (Å²) in [5.74, 6) is 0.280. The van der Waals surface area contributed by atoms with Crippen LogP contribution < -0.4 is 10.1 Å². The van der Waals surface area contributed by atoms with Gasteiger partial charge in [-0.1, -0.05) is 24.3 Å². The third kappa shape index (κ3) is 4.85. The molecule has 0 spiro atoms. The molecular formula is C18H19NO4. The van der Waals surface area contributed by atoms with Gasteiger partial charge in [0.1, 0.15) is 5.75 Å². The minimum Gasteiger partial charge on any atom is -0.497 e. The second kappa shape index (κ2) is 7.98. The first-order chi connectivity index (χ1) is 11.1. The molecule has 0 saturated carbocycles. The minimum absolute atomic E-state index is 0.0738. The predicted octanol–water partition coefficient (Wildman–Crippen LogP) is 2.34. The average molecular weight is 313 g/mol. The number of esters is 1. The van der Waals surface area contributed by atoms with E-state index >= 15 is 0 Å². The van der Waals surface area contributed by atoms with Crippen molar-refractivity contribution in [3.8, 4) is 5.75 Å². The molecule has 1 N–H and O–H groups in total. The fourth-order valence-corrected chi connectivity index (χ4v) is 2.11. The molecule has 0 radical (unpaired) electrons. The van der Waals surface area contributed by atoms with Gasteiger partial charge in [-0.25, -0.2) is 4.79 Å². The zero-order valence-corrected chi connectivity index (χ0v) is 13.2. The van der Waals surface area contributed by atoms with Gasteiger partial charge in [0, 0.05) is 6.54 Å². The molecule has 0 unspecified atom stereocenters. The fraction of sp³-hybridized carbons (Fsp3) is 0.222. The van der Waals surface area contributed by atoms with Gasteiger partial charge in [0.2, 0.25) is 5.91 Å². The monoisotopic (exact) mass is 313 g/mol. The highest BCUT2D eigenvalue weighted by molar-refractivity contribution is 5.89. The van der Waals surface area contributed by atoms with E-state index in [1.165, 1.54) is 7.11 Å². The number of hydrogen-bond acceptors (Lipinski definition) is 4. The molecule has 5 nitrogen and oxygen atoms in total. The normalized spacial score (nSPS) is 10.0. The highest BCUT2D eigenvalue weighted by atomic mass is 16.5. The van der Waals surface area contributed by atoms with Crippen LogP contribution in [0, 0.1) is 0 Å². The average Bonchev–Trinajstić information content (AvgIpc) is 2.60. The Morgan fingerprint density at radius 3 is 2.39 bits per heavy atom. The lowest BCUT2D eigenvalue weighted by Gasteiger charge is -2.07. The lowest BCUT2D eigenvalue weighted by Crippen LogP contribution is -2.24. The SMILES string of the molecule is COC(=O)c1ccc(CNC(=O)Cc2cccc(OC)c2)cc1. The Labute approximate surface area is 135 Å². The maximum atomic E-state index is 12.0. The van der Waals surface area contributed by atoms with Crippen molar-refractivity contribution in [2.75, 3.05) is 14.2 Å². The summed E-state index contributed by atoms with van der Waals surface area (Å²) in [5, 5.41) is 2.85. The van der Waals surface area contributed by atoms with Gasteiger partial charge < -0.3 is 14.8 Å². The Bertz CT molecular complexity index is 680. The fourth-order valence-electron chi connectivity index (χ4n) is 2.11. The molecule has 2 rings (SSSR count). The number of amides is 1. The van der Waals surface area contributed by atoms with Crippen LogP contribution in [0.1, 0.15) is 21.5 Å². The van der Waals surface area contributed by atoms with Gasteiger partial charge in [0.25, 0.3) is 0 Å². The van der Waals surface area contributed by atoms with Crippen LogP contribution >= 0.6 is 0 Å². The Morgan fingerprint density at radius 2 is 1.74 bits per heavy atom. The van der Waals surface area contributed by atoms with E-state index < -0.39 is 0 Å². The second-order valence-corrected chi connectivity index (χ2v) is 4.99.